The molecule has 0 saturated carbocycles. The first-order valence-electron chi connectivity index (χ1n) is 6.37. The summed E-state index contributed by atoms with van der Waals surface area (Å²) in [6.45, 7) is 1.86. The van der Waals surface area contributed by atoms with Gasteiger partial charge in [0.15, 0.2) is 0 Å². The van der Waals surface area contributed by atoms with Crippen molar-refractivity contribution in [3.8, 4) is 0 Å². The maximum absolute atomic E-state index is 9.42. The van der Waals surface area contributed by atoms with Gasteiger partial charge in [-0.05, 0) is 24.8 Å². The van der Waals surface area contributed by atoms with E-state index in [1.54, 1.807) is 0 Å². The van der Waals surface area contributed by atoms with E-state index in [2.05, 4.69) is 17.4 Å². The first kappa shape index (κ1) is 12.6. The number of nitrogens with one attached hydrogen (secondary N) is 1. The standard InChI is InChI=1S/C14H21NO2/c16-11-14(10-12-4-2-1-3-5-12)15-13-6-8-17-9-7-13/h1-5,13-16H,6-11H2/t14-/m1/s1. The lowest BCUT2D eigenvalue weighted by molar-refractivity contribution is 0.0715. The fraction of sp³-hybridized carbons (Fsp3) is 0.571. The zero-order chi connectivity index (χ0) is 11.9. The highest BCUT2D eigenvalue weighted by atomic mass is 16.5. The van der Waals surface area contributed by atoms with Crippen LogP contribution in [0, 0.1) is 0 Å². The van der Waals surface area contributed by atoms with Gasteiger partial charge in [0.1, 0.15) is 0 Å². The van der Waals surface area contributed by atoms with Crippen LogP contribution in [0.1, 0.15) is 18.4 Å². The summed E-state index contributed by atoms with van der Waals surface area (Å²) in [6.07, 6.45) is 2.98. The summed E-state index contributed by atoms with van der Waals surface area (Å²) in [4.78, 5) is 0. The molecule has 17 heavy (non-hydrogen) atoms. The lowest BCUT2D eigenvalue weighted by Gasteiger charge is -2.27. The predicted molar refractivity (Wildman–Crippen MR) is 68.0 cm³/mol. The van der Waals surface area contributed by atoms with Gasteiger partial charge in [0.05, 0.1) is 6.61 Å². The van der Waals surface area contributed by atoms with Crippen molar-refractivity contribution >= 4 is 0 Å². The van der Waals surface area contributed by atoms with E-state index in [-0.39, 0.29) is 12.6 Å². The summed E-state index contributed by atoms with van der Waals surface area (Å²) >= 11 is 0. The van der Waals surface area contributed by atoms with Gasteiger partial charge in [0.25, 0.3) is 0 Å². The van der Waals surface area contributed by atoms with Crippen molar-refractivity contribution in [3.63, 3.8) is 0 Å². The summed E-state index contributed by atoms with van der Waals surface area (Å²) in [7, 11) is 0. The molecule has 1 aliphatic heterocycles. The van der Waals surface area contributed by atoms with Crippen LogP contribution in [-0.2, 0) is 11.2 Å². The summed E-state index contributed by atoms with van der Waals surface area (Å²) in [5.74, 6) is 0. The Morgan fingerprint density at radius 1 is 1.24 bits per heavy atom. The molecule has 2 N–H and O–H groups in total. The Balaban J connectivity index is 1.83. The average molecular weight is 235 g/mol. The molecule has 94 valence electrons. The maximum atomic E-state index is 9.42. The van der Waals surface area contributed by atoms with E-state index >= 15 is 0 Å². The van der Waals surface area contributed by atoms with Gasteiger partial charge in [-0.15, -0.1) is 0 Å². The molecule has 3 nitrogen and oxygen atoms in total. The van der Waals surface area contributed by atoms with Crippen molar-refractivity contribution in [2.24, 2.45) is 0 Å². The van der Waals surface area contributed by atoms with Gasteiger partial charge in [-0.3, -0.25) is 0 Å². The van der Waals surface area contributed by atoms with Crippen molar-refractivity contribution in [3.05, 3.63) is 35.9 Å². The molecule has 0 radical (unpaired) electrons. The quantitative estimate of drug-likeness (QED) is 0.809. The number of aliphatic hydroxyl groups excluding tert-OH is 1. The van der Waals surface area contributed by atoms with Crippen LogP contribution in [0.5, 0.6) is 0 Å². The monoisotopic (exact) mass is 235 g/mol. The number of ether oxygens (including phenoxy) is 1. The summed E-state index contributed by atoms with van der Waals surface area (Å²) in [5.41, 5.74) is 1.27. The summed E-state index contributed by atoms with van der Waals surface area (Å²) in [6, 6.07) is 11.0. The highest BCUT2D eigenvalue weighted by Gasteiger charge is 2.17. The van der Waals surface area contributed by atoms with E-state index in [0.29, 0.717) is 6.04 Å². The molecule has 1 heterocycles. The van der Waals surface area contributed by atoms with Crippen LogP contribution < -0.4 is 5.32 Å². The molecule has 1 aliphatic rings. The van der Waals surface area contributed by atoms with Gasteiger partial charge < -0.3 is 15.2 Å². The fourth-order valence-corrected chi connectivity index (χ4v) is 2.27. The minimum absolute atomic E-state index is 0.153. The van der Waals surface area contributed by atoms with Gasteiger partial charge in [-0.1, -0.05) is 30.3 Å². The molecule has 0 spiro atoms. The third-order valence-corrected chi connectivity index (χ3v) is 3.24. The van der Waals surface area contributed by atoms with Crippen LogP contribution in [0.25, 0.3) is 0 Å². The van der Waals surface area contributed by atoms with E-state index in [9.17, 15) is 5.11 Å². The van der Waals surface area contributed by atoms with Crippen LogP contribution in [0.15, 0.2) is 30.3 Å². The number of aliphatic hydroxyl groups is 1. The molecule has 2 rings (SSSR count). The molecular weight excluding hydrogens is 214 g/mol. The molecule has 1 atom stereocenters. The topological polar surface area (TPSA) is 41.5 Å². The number of hydrogen-bond donors (Lipinski definition) is 2. The molecule has 1 fully saturated rings. The van der Waals surface area contributed by atoms with Crippen LogP contribution in [-0.4, -0.2) is 37.0 Å². The molecular formula is C14H21NO2. The van der Waals surface area contributed by atoms with Crippen LogP contribution in [0.4, 0.5) is 0 Å². The Labute approximate surface area is 103 Å². The zero-order valence-corrected chi connectivity index (χ0v) is 10.1. The Morgan fingerprint density at radius 3 is 2.59 bits per heavy atom. The highest BCUT2D eigenvalue weighted by Crippen LogP contribution is 2.09. The van der Waals surface area contributed by atoms with E-state index in [4.69, 9.17) is 4.74 Å². The molecule has 3 heteroatoms. The van der Waals surface area contributed by atoms with Crippen LogP contribution in [0.2, 0.25) is 0 Å². The largest absolute Gasteiger partial charge is 0.395 e. The normalized spacial score (nSPS) is 19.1. The van der Waals surface area contributed by atoms with Gasteiger partial charge in [-0.25, -0.2) is 0 Å². The number of rotatable bonds is 5. The summed E-state index contributed by atoms with van der Waals surface area (Å²) < 4.78 is 5.33. The van der Waals surface area contributed by atoms with Gasteiger partial charge in [0.2, 0.25) is 0 Å². The molecule has 0 bridgehead atoms. The Bertz CT molecular complexity index is 309. The third kappa shape index (κ3) is 4.11. The second-order valence-corrected chi connectivity index (χ2v) is 4.62. The lowest BCUT2D eigenvalue weighted by atomic mass is 10.0. The maximum Gasteiger partial charge on any atom is 0.0587 e. The van der Waals surface area contributed by atoms with Crippen molar-refractivity contribution in [1.29, 1.82) is 0 Å². The summed E-state index contributed by atoms with van der Waals surface area (Å²) in [5, 5.41) is 12.9. The predicted octanol–water partition coefficient (Wildman–Crippen LogP) is 1.36. The van der Waals surface area contributed by atoms with Crippen LogP contribution >= 0.6 is 0 Å². The highest BCUT2D eigenvalue weighted by molar-refractivity contribution is 5.15. The third-order valence-electron chi connectivity index (χ3n) is 3.24. The Hall–Kier alpha value is -0.900. The molecule has 0 aliphatic carbocycles. The molecule has 0 amide bonds. The lowest BCUT2D eigenvalue weighted by Crippen LogP contribution is -2.44. The first-order chi connectivity index (χ1) is 8.38. The van der Waals surface area contributed by atoms with Crippen LogP contribution in [0.3, 0.4) is 0 Å². The van der Waals surface area contributed by atoms with E-state index < -0.39 is 0 Å². The molecule has 1 aromatic rings. The van der Waals surface area contributed by atoms with Crippen molar-refractivity contribution < 1.29 is 9.84 Å². The second-order valence-electron chi connectivity index (χ2n) is 4.62. The Kier molecular flexibility index (Phi) is 4.98. The van der Waals surface area contributed by atoms with E-state index in [1.165, 1.54) is 5.56 Å². The van der Waals surface area contributed by atoms with Crippen molar-refractivity contribution in [1.82, 2.24) is 5.32 Å². The zero-order valence-electron chi connectivity index (χ0n) is 10.1. The van der Waals surface area contributed by atoms with Crippen molar-refractivity contribution in [2.45, 2.75) is 31.3 Å². The number of benzene rings is 1. The van der Waals surface area contributed by atoms with E-state index in [1.807, 2.05) is 18.2 Å². The van der Waals surface area contributed by atoms with E-state index in [0.717, 1.165) is 32.5 Å². The average Bonchev–Trinajstić information content (AvgIpc) is 2.40. The number of hydrogen-bond acceptors (Lipinski definition) is 3. The fourth-order valence-electron chi connectivity index (χ4n) is 2.27. The smallest absolute Gasteiger partial charge is 0.0587 e. The van der Waals surface area contributed by atoms with Gasteiger partial charge in [0, 0.05) is 25.3 Å². The minimum Gasteiger partial charge on any atom is -0.395 e. The SMILES string of the molecule is OC[C@@H](Cc1ccccc1)NC1CCOCC1. The van der Waals surface area contributed by atoms with Gasteiger partial charge >= 0.3 is 0 Å². The second kappa shape index (κ2) is 6.74. The first-order valence-corrected chi connectivity index (χ1v) is 6.37. The molecule has 1 saturated heterocycles. The minimum atomic E-state index is 0.153. The van der Waals surface area contributed by atoms with Gasteiger partial charge in [-0.2, -0.15) is 0 Å². The van der Waals surface area contributed by atoms with Crippen molar-refractivity contribution in [2.75, 3.05) is 19.8 Å². The molecule has 1 aromatic carbocycles. The molecule has 0 unspecified atom stereocenters. The molecule has 0 aromatic heterocycles. The Morgan fingerprint density at radius 2 is 1.94 bits per heavy atom.